The van der Waals surface area contributed by atoms with E-state index in [1.807, 2.05) is 30.1 Å². The van der Waals surface area contributed by atoms with E-state index >= 15 is 0 Å². The van der Waals surface area contributed by atoms with Crippen LogP contribution in [0.1, 0.15) is 36.5 Å². The van der Waals surface area contributed by atoms with E-state index in [4.69, 9.17) is 9.41 Å². The van der Waals surface area contributed by atoms with Crippen molar-refractivity contribution in [3.63, 3.8) is 0 Å². The van der Waals surface area contributed by atoms with Crippen LogP contribution in [0, 0.1) is 0 Å². The summed E-state index contributed by atoms with van der Waals surface area (Å²) in [5.41, 5.74) is 1.33. The van der Waals surface area contributed by atoms with Gasteiger partial charge in [0.15, 0.2) is 5.96 Å². The van der Waals surface area contributed by atoms with Crippen LogP contribution in [0.15, 0.2) is 40.2 Å². The molecule has 0 amide bonds. The summed E-state index contributed by atoms with van der Waals surface area (Å²) in [6, 6.07) is 4.56. The number of nitrogens with zero attached hydrogens (tertiary/aromatic N) is 4. The van der Waals surface area contributed by atoms with Gasteiger partial charge < -0.3 is 14.6 Å². The molecule has 1 saturated carbocycles. The topological polar surface area (TPSA) is 58.6 Å². The van der Waals surface area contributed by atoms with E-state index < -0.39 is 0 Å². The number of aromatic nitrogens is 2. The van der Waals surface area contributed by atoms with Gasteiger partial charge in [0.25, 0.3) is 0 Å². The standard InChI is InChI=1S/C18H25N5O.HI/c1-22-12-15(11-20-22)14-7-9-23(13-14)18(21-16-4-5-16)19-8-6-17-3-2-10-24-17;/h2-3,10-12,14,16H,4-9,13H2,1H3,(H,19,21);1H. The lowest BCUT2D eigenvalue weighted by Gasteiger charge is -2.22. The minimum atomic E-state index is 0. The first kappa shape index (κ1) is 18.3. The van der Waals surface area contributed by atoms with Gasteiger partial charge in [-0.3, -0.25) is 9.67 Å². The fourth-order valence-electron chi connectivity index (χ4n) is 3.25. The number of guanidine groups is 1. The Kier molecular flexibility index (Phi) is 6.03. The van der Waals surface area contributed by atoms with Crippen LogP contribution in [0.4, 0.5) is 0 Å². The van der Waals surface area contributed by atoms with Gasteiger partial charge in [-0.05, 0) is 37.0 Å². The lowest BCUT2D eigenvalue weighted by molar-refractivity contribution is 0.480. The van der Waals surface area contributed by atoms with Crippen molar-refractivity contribution in [2.24, 2.45) is 12.0 Å². The highest BCUT2D eigenvalue weighted by Gasteiger charge is 2.30. The van der Waals surface area contributed by atoms with Gasteiger partial charge in [-0.2, -0.15) is 5.10 Å². The summed E-state index contributed by atoms with van der Waals surface area (Å²) in [7, 11) is 1.98. The second-order valence-corrected chi connectivity index (χ2v) is 6.83. The average molecular weight is 455 g/mol. The maximum atomic E-state index is 5.40. The molecule has 1 saturated heterocycles. The molecule has 1 aliphatic heterocycles. The predicted molar refractivity (Wildman–Crippen MR) is 108 cm³/mol. The normalized spacial score (nSPS) is 20.6. The van der Waals surface area contributed by atoms with Gasteiger partial charge in [0.2, 0.25) is 0 Å². The predicted octanol–water partition coefficient (Wildman–Crippen LogP) is 2.77. The van der Waals surface area contributed by atoms with Gasteiger partial charge in [-0.1, -0.05) is 0 Å². The number of furan rings is 1. The van der Waals surface area contributed by atoms with Gasteiger partial charge in [0.1, 0.15) is 5.76 Å². The summed E-state index contributed by atoms with van der Waals surface area (Å²) in [6.45, 7) is 2.83. The first-order chi connectivity index (χ1) is 11.8. The van der Waals surface area contributed by atoms with Crippen molar-refractivity contribution >= 4 is 29.9 Å². The van der Waals surface area contributed by atoms with Gasteiger partial charge >= 0.3 is 0 Å². The molecule has 2 aliphatic rings. The number of rotatable bonds is 5. The van der Waals surface area contributed by atoms with Crippen molar-refractivity contribution in [2.45, 2.75) is 37.6 Å². The number of hydrogen-bond donors (Lipinski definition) is 1. The van der Waals surface area contributed by atoms with Gasteiger partial charge in [-0.15, -0.1) is 24.0 Å². The number of nitrogens with one attached hydrogen (secondary N) is 1. The van der Waals surface area contributed by atoms with Crippen LogP contribution in [0.5, 0.6) is 0 Å². The molecule has 0 bridgehead atoms. The largest absolute Gasteiger partial charge is 0.469 e. The Bertz CT molecular complexity index is 692. The molecule has 2 aromatic rings. The van der Waals surface area contributed by atoms with E-state index in [1.54, 1.807) is 6.26 Å². The van der Waals surface area contributed by atoms with E-state index in [0.29, 0.717) is 12.0 Å². The SMILES string of the molecule is Cn1cc(C2CCN(C(=NCCc3ccco3)NC3CC3)C2)cn1.I. The molecule has 1 unspecified atom stereocenters. The number of hydrogen-bond acceptors (Lipinski definition) is 3. The van der Waals surface area contributed by atoms with Crippen molar-refractivity contribution in [3.8, 4) is 0 Å². The molecule has 2 aromatic heterocycles. The molecule has 7 heteroatoms. The molecule has 0 radical (unpaired) electrons. The van der Waals surface area contributed by atoms with Crippen LogP contribution in [0.2, 0.25) is 0 Å². The van der Waals surface area contributed by atoms with Crippen LogP contribution in [-0.2, 0) is 13.5 Å². The third kappa shape index (κ3) is 4.77. The molecule has 1 N–H and O–H groups in total. The lowest BCUT2D eigenvalue weighted by atomic mass is 10.0. The van der Waals surface area contributed by atoms with Crippen LogP contribution in [-0.4, -0.2) is 46.3 Å². The number of likely N-dealkylation sites (tertiary alicyclic amines) is 1. The molecular formula is C18H26IN5O. The Morgan fingerprint density at radius 1 is 1.40 bits per heavy atom. The van der Waals surface area contributed by atoms with Gasteiger partial charge in [0, 0.05) is 51.3 Å². The average Bonchev–Trinajstić information content (AvgIpc) is 3.02. The van der Waals surface area contributed by atoms with Crippen LogP contribution in [0.25, 0.3) is 0 Å². The van der Waals surface area contributed by atoms with E-state index in [0.717, 1.165) is 44.2 Å². The highest BCUT2D eigenvalue weighted by Crippen LogP contribution is 2.27. The van der Waals surface area contributed by atoms with E-state index in [-0.39, 0.29) is 24.0 Å². The Balaban J connectivity index is 0.00000182. The van der Waals surface area contributed by atoms with Crippen molar-refractivity contribution < 1.29 is 4.42 Å². The van der Waals surface area contributed by atoms with Crippen molar-refractivity contribution in [1.29, 1.82) is 0 Å². The molecule has 4 rings (SSSR count). The maximum Gasteiger partial charge on any atom is 0.194 e. The third-order valence-corrected chi connectivity index (χ3v) is 4.79. The Hall–Kier alpha value is -1.51. The second-order valence-electron chi connectivity index (χ2n) is 6.83. The van der Waals surface area contributed by atoms with Crippen LogP contribution >= 0.6 is 24.0 Å². The Morgan fingerprint density at radius 2 is 2.28 bits per heavy atom. The molecule has 0 aromatic carbocycles. The third-order valence-electron chi connectivity index (χ3n) is 4.79. The van der Waals surface area contributed by atoms with Crippen molar-refractivity contribution in [3.05, 3.63) is 42.1 Å². The maximum absolute atomic E-state index is 5.40. The Morgan fingerprint density at radius 3 is 2.96 bits per heavy atom. The monoisotopic (exact) mass is 455 g/mol. The lowest BCUT2D eigenvalue weighted by Crippen LogP contribution is -2.41. The zero-order chi connectivity index (χ0) is 16.4. The van der Waals surface area contributed by atoms with E-state index in [1.165, 1.54) is 18.4 Å². The highest BCUT2D eigenvalue weighted by atomic mass is 127. The molecule has 136 valence electrons. The highest BCUT2D eigenvalue weighted by molar-refractivity contribution is 14.0. The molecule has 3 heterocycles. The molecule has 0 spiro atoms. The molecular weight excluding hydrogens is 429 g/mol. The summed E-state index contributed by atoms with van der Waals surface area (Å²) in [6.07, 6.45) is 10.4. The minimum Gasteiger partial charge on any atom is -0.469 e. The summed E-state index contributed by atoms with van der Waals surface area (Å²) in [4.78, 5) is 7.25. The van der Waals surface area contributed by atoms with Gasteiger partial charge in [0.05, 0.1) is 12.5 Å². The number of aryl methyl sites for hydroxylation is 1. The quantitative estimate of drug-likeness (QED) is 0.428. The second kappa shape index (κ2) is 8.25. The molecule has 25 heavy (non-hydrogen) atoms. The van der Waals surface area contributed by atoms with Gasteiger partial charge in [-0.25, -0.2) is 0 Å². The fraction of sp³-hybridized carbons (Fsp3) is 0.556. The molecule has 1 aliphatic carbocycles. The summed E-state index contributed by atoms with van der Waals surface area (Å²) >= 11 is 0. The van der Waals surface area contributed by atoms with Crippen molar-refractivity contribution in [1.82, 2.24) is 20.0 Å². The summed E-state index contributed by atoms with van der Waals surface area (Å²) in [5.74, 6) is 2.62. The smallest absolute Gasteiger partial charge is 0.194 e. The zero-order valence-corrected chi connectivity index (χ0v) is 16.9. The summed E-state index contributed by atoms with van der Waals surface area (Å²) < 4.78 is 7.29. The molecule has 1 atom stereocenters. The van der Waals surface area contributed by atoms with Crippen LogP contribution < -0.4 is 5.32 Å². The Labute approximate surface area is 165 Å². The van der Waals surface area contributed by atoms with Crippen molar-refractivity contribution in [2.75, 3.05) is 19.6 Å². The first-order valence-corrected chi connectivity index (χ1v) is 8.85. The molecule has 2 fully saturated rings. The fourth-order valence-corrected chi connectivity index (χ4v) is 3.25. The molecule has 6 nitrogen and oxygen atoms in total. The van der Waals surface area contributed by atoms with E-state index in [2.05, 4.69) is 21.5 Å². The first-order valence-electron chi connectivity index (χ1n) is 8.85. The zero-order valence-electron chi connectivity index (χ0n) is 14.6. The number of halogens is 1. The van der Waals surface area contributed by atoms with E-state index in [9.17, 15) is 0 Å². The minimum absolute atomic E-state index is 0. The summed E-state index contributed by atoms with van der Waals surface area (Å²) in [5, 5.41) is 7.92. The number of aliphatic imine (C=N–C) groups is 1. The van der Waals surface area contributed by atoms with Crippen LogP contribution in [0.3, 0.4) is 0 Å².